The summed E-state index contributed by atoms with van der Waals surface area (Å²) >= 11 is 0. The van der Waals surface area contributed by atoms with Gasteiger partial charge in [0, 0.05) is 0 Å². The zero-order valence-corrected chi connectivity index (χ0v) is 22.5. The Bertz CT molecular complexity index is 639. The molecule has 194 valence electrons. The van der Waals surface area contributed by atoms with Crippen LogP contribution in [0.15, 0.2) is 24.3 Å². The van der Waals surface area contributed by atoms with Crippen LogP contribution in [0.3, 0.4) is 0 Å². The molecular formula is C31H52O3. The zero-order valence-electron chi connectivity index (χ0n) is 22.5. The largest absolute Gasteiger partial charge is 0.494 e. The lowest BCUT2D eigenvalue weighted by Gasteiger charge is -2.31. The highest BCUT2D eigenvalue weighted by molar-refractivity contribution is 5.89. The third-order valence-corrected chi connectivity index (χ3v) is 7.60. The molecule has 0 radical (unpaired) electrons. The van der Waals surface area contributed by atoms with Gasteiger partial charge in [-0.3, -0.25) is 0 Å². The number of unbranched alkanes of at least 4 members (excludes halogenated alkanes) is 7. The zero-order chi connectivity index (χ0) is 24.4. The van der Waals surface area contributed by atoms with Gasteiger partial charge in [0.05, 0.1) is 18.3 Å². The maximum atomic E-state index is 12.4. The molecule has 0 N–H and O–H groups in total. The first-order chi connectivity index (χ1) is 16.6. The summed E-state index contributed by atoms with van der Waals surface area (Å²) in [5.41, 5.74) is 0.608. The van der Waals surface area contributed by atoms with Crippen LogP contribution in [-0.2, 0) is 4.74 Å². The van der Waals surface area contributed by atoms with E-state index in [9.17, 15) is 4.79 Å². The first-order valence-electron chi connectivity index (χ1n) is 14.6. The molecule has 1 fully saturated rings. The van der Waals surface area contributed by atoms with Gasteiger partial charge in [-0.1, -0.05) is 97.3 Å². The van der Waals surface area contributed by atoms with E-state index in [1.165, 1.54) is 89.9 Å². The Morgan fingerprint density at radius 2 is 1.41 bits per heavy atom. The van der Waals surface area contributed by atoms with Crippen molar-refractivity contribution in [3.63, 3.8) is 0 Å². The normalized spacial score (nSPS) is 19.0. The lowest BCUT2D eigenvalue weighted by atomic mass is 9.74. The third-order valence-electron chi connectivity index (χ3n) is 7.60. The fourth-order valence-electron chi connectivity index (χ4n) is 5.45. The molecule has 3 unspecified atom stereocenters. The van der Waals surface area contributed by atoms with Gasteiger partial charge in [-0.25, -0.2) is 4.79 Å². The first kappa shape index (κ1) is 28.7. The molecule has 0 spiro atoms. The standard InChI is InChI=1S/C31H52O3/c1-4-6-8-10-12-17-27-18-13-14-19-28(27)20-15-25-33-30-23-21-29(22-24-30)31(32)34-26(3)16-11-9-7-5-2/h21-24,26-28H,4-20,25H2,1-3H3. The summed E-state index contributed by atoms with van der Waals surface area (Å²) in [6.07, 6.45) is 22.2. The Morgan fingerprint density at radius 1 is 0.824 bits per heavy atom. The maximum Gasteiger partial charge on any atom is 0.338 e. The number of carbonyl (C=O) groups is 1. The lowest BCUT2D eigenvalue weighted by Crippen LogP contribution is -2.20. The van der Waals surface area contributed by atoms with Crippen LogP contribution < -0.4 is 4.74 Å². The van der Waals surface area contributed by atoms with E-state index in [0.29, 0.717) is 5.56 Å². The second-order valence-corrected chi connectivity index (χ2v) is 10.6. The summed E-state index contributed by atoms with van der Waals surface area (Å²) in [5, 5.41) is 0. The molecule has 34 heavy (non-hydrogen) atoms. The molecule has 1 aromatic carbocycles. The second-order valence-electron chi connectivity index (χ2n) is 10.6. The molecule has 0 amide bonds. The van der Waals surface area contributed by atoms with Gasteiger partial charge in [0.2, 0.25) is 0 Å². The summed E-state index contributed by atoms with van der Waals surface area (Å²) in [7, 11) is 0. The SMILES string of the molecule is CCCCCCCC1CCCCC1CCCOc1ccc(C(=O)OC(C)CCCCCC)cc1. The van der Waals surface area contributed by atoms with Crippen LogP contribution in [0.25, 0.3) is 0 Å². The fourth-order valence-corrected chi connectivity index (χ4v) is 5.45. The predicted molar refractivity (Wildman–Crippen MR) is 144 cm³/mol. The van der Waals surface area contributed by atoms with Gasteiger partial charge in [0.25, 0.3) is 0 Å². The van der Waals surface area contributed by atoms with Crippen molar-refractivity contribution in [2.45, 2.75) is 136 Å². The summed E-state index contributed by atoms with van der Waals surface area (Å²) in [4.78, 5) is 12.4. The summed E-state index contributed by atoms with van der Waals surface area (Å²) in [6.45, 7) is 7.25. The summed E-state index contributed by atoms with van der Waals surface area (Å²) in [5.74, 6) is 2.45. The maximum absolute atomic E-state index is 12.4. The number of hydrogen-bond acceptors (Lipinski definition) is 3. The Labute approximate surface area is 210 Å². The van der Waals surface area contributed by atoms with Crippen molar-refractivity contribution >= 4 is 5.97 Å². The molecule has 1 aromatic rings. The van der Waals surface area contributed by atoms with Gasteiger partial charge in [0.1, 0.15) is 5.75 Å². The molecule has 2 rings (SSSR count). The molecule has 0 saturated heterocycles. The van der Waals surface area contributed by atoms with Crippen LogP contribution in [0.5, 0.6) is 5.75 Å². The van der Waals surface area contributed by atoms with Crippen LogP contribution in [0.1, 0.15) is 140 Å². The number of rotatable bonds is 18. The number of esters is 1. The second kappa shape index (κ2) is 17.9. The summed E-state index contributed by atoms with van der Waals surface area (Å²) < 4.78 is 11.6. The topological polar surface area (TPSA) is 35.5 Å². The minimum atomic E-state index is -0.229. The van der Waals surface area contributed by atoms with Crippen LogP contribution in [0.4, 0.5) is 0 Å². The van der Waals surface area contributed by atoms with E-state index >= 15 is 0 Å². The molecule has 0 heterocycles. The molecule has 1 saturated carbocycles. The number of ether oxygens (including phenoxy) is 2. The van der Waals surface area contributed by atoms with Gasteiger partial charge in [-0.05, 0) is 68.7 Å². The Hall–Kier alpha value is -1.51. The van der Waals surface area contributed by atoms with E-state index in [2.05, 4.69) is 13.8 Å². The van der Waals surface area contributed by atoms with E-state index < -0.39 is 0 Å². The number of benzene rings is 1. The van der Waals surface area contributed by atoms with E-state index in [4.69, 9.17) is 9.47 Å². The molecule has 0 bridgehead atoms. The average Bonchev–Trinajstić information content (AvgIpc) is 2.85. The smallest absolute Gasteiger partial charge is 0.338 e. The van der Waals surface area contributed by atoms with Gasteiger partial charge in [-0.15, -0.1) is 0 Å². The average molecular weight is 473 g/mol. The molecular weight excluding hydrogens is 420 g/mol. The molecule has 1 aliphatic rings. The third kappa shape index (κ3) is 11.8. The Morgan fingerprint density at radius 3 is 2.06 bits per heavy atom. The van der Waals surface area contributed by atoms with Crippen molar-refractivity contribution < 1.29 is 14.3 Å². The van der Waals surface area contributed by atoms with Crippen molar-refractivity contribution in [3.8, 4) is 5.75 Å². The highest BCUT2D eigenvalue weighted by atomic mass is 16.5. The van der Waals surface area contributed by atoms with Gasteiger partial charge >= 0.3 is 5.97 Å². The molecule has 3 nitrogen and oxygen atoms in total. The Balaban J connectivity index is 1.64. The quantitative estimate of drug-likeness (QED) is 0.158. The van der Waals surface area contributed by atoms with Crippen molar-refractivity contribution in [2.24, 2.45) is 11.8 Å². The van der Waals surface area contributed by atoms with Gasteiger partial charge in [-0.2, -0.15) is 0 Å². The first-order valence-corrected chi connectivity index (χ1v) is 14.6. The molecule has 3 atom stereocenters. The lowest BCUT2D eigenvalue weighted by molar-refractivity contribution is 0.0319. The highest BCUT2D eigenvalue weighted by Gasteiger charge is 2.24. The van der Waals surface area contributed by atoms with Crippen LogP contribution in [0.2, 0.25) is 0 Å². The van der Waals surface area contributed by atoms with Gasteiger partial charge in [0.15, 0.2) is 0 Å². The van der Waals surface area contributed by atoms with Crippen LogP contribution in [-0.4, -0.2) is 18.7 Å². The van der Waals surface area contributed by atoms with Crippen molar-refractivity contribution in [1.29, 1.82) is 0 Å². The molecule has 1 aliphatic carbocycles. The van der Waals surface area contributed by atoms with E-state index in [0.717, 1.165) is 43.5 Å². The molecule has 3 heteroatoms. The van der Waals surface area contributed by atoms with Crippen molar-refractivity contribution in [1.82, 2.24) is 0 Å². The summed E-state index contributed by atoms with van der Waals surface area (Å²) in [6, 6.07) is 7.47. The monoisotopic (exact) mass is 472 g/mol. The Kier molecular flexibility index (Phi) is 15.1. The van der Waals surface area contributed by atoms with Crippen molar-refractivity contribution in [3.05, 3.63) is 29.8 Å². The van der Waals surface area contributed by atoms with Crippen LogP contribution in [0, 0.1) is 11.8 Å². The number of carbonyl (C=O) groups excluding carboxylic acids is 1. The van der Waals surface area contributed by atoms with Crippen molar-refractivity contribution in [2.75, 3.05) is 6.61 Å². The van der Waals surface area contributed by atoms with Gasteiger partial charge < -0.3 is 9.47 Å². The minimum absolute atomic E-state index is 0.0276. The predicted octanol–water partition coefficient (Wildman–Crippen LogP) is 9.53. The molecule has 0 aliphatic heterocycles. The van der Waals surface area contributed by atoms with E-state index in [1.807, 2.05) is 31.2 Å². The van der Waals surface area contributed by atoms with E-state index in [-0.39, 0.29) is 12.1 Å². The van der Waals surface area contributed by atoms with E-state index in [1.54, 1.807) is 0 Å². The van der Waals surface area contributed by atoms with Crippen LogP contribution >= 0.6 is 0 Å². The number of hydrogen-bond donors (Lipinski definition) is 0. The highest BCUT2D eigenvalue weighted by Crippen LogP contribution is 2.36. The minimum Gasteiger partial charge on any atom is -0.494 e. The fraction of sp³-hybridized carbons (Fsp3) is 0.774. The molecule has 0 aromatic heterocycles.